The zero-order valence-electron chi connectivity index (χ0n) is 7.74. The van der Waals surface area contributed by atoms with Gasteiger partial charge in [0, 0.05) is 18.6 Å². The van der Waals surface area contributed by atoms with E-state index in [0.717, 1.165) is 0 Å². The number of carboxylic acid groups (broad SMARTS) is 1. The van der Waals surface area contributed by atoms with Crippen molar-refractivity contribution in [3.8, 4) is 0 Å². The standard InChI is InChI=1S/C9H8N4O2/c14-9(15)7-2-5-12-13(7)6-8-10-3-1-4-11-8/h1-5H,6H2,(H,14,15). The van der Waals surface area contributed by atoms with Crippen LogP contribution in [0.25, 0.3) is 0 Å². The molecule has 2 rings (SSSR count). The second-order valence-electron chi connectivity index (χ2n) is 2.84. The molecule has 0 saturated heterocycles. The van der Waals surface area contributed by atoms with Gasteiger partial charge in [0.1, 0.15) is 18.1 Å². The Kier molecular flexibility index (Phi) is 2.40. The maximum absolute atomic E-state index is 10.8. The molecule has 76 valence electrons. The van der Waals surface area contributed by atoms with E-state index in [2.05, 4.69) is 15.1 Å². The van der Waals surface area contributed by atoms with Gasteiger partial charge in [0.05, 0.1) is 0 Å². The average Bonchev–Trinajstić information content (AvgIpc) is 2.67. The number of aromatic carboxylic acids is 1. The summed E-state index contributed by atoms with van der Waals surface area (Å²) in [7, 11) is 0. The summed E-state index contributed by atoms with van der Waals surface area (Å²) in [4.78, 5) is 18.7. The number of carbonyl (C=O) groups is 1. The highest BCUT2D eigenvalue weighted by atomic mass is 16.4. The molecule has 0 fully saturated rings. The van der Waals surface area contributed by atoms with Crippen LogP contribution in [0.1, 0.15) is 16.3 Å². The van der Waals surface area contributed by atoms with Gasteiger partial charge in [0.15, 0.2) is 0 Å². The summed E-state index contributed by atoms with van der Waals surface area (Å²) in [5, 5.41) is 12.7. The lowest BCUT2D eigenvalue weighted by atomic mass is 10.4. The first-order valence-electron chi connectivity index (χ1n) is 4.28. The Morgan fingerprint density at radius 3 is 2.73 bits per heavy atom. The first-order valence-corrected chi connectivity index (χ1v) is 4.28. The van der Waals surface area contributed by atoms with E-state index >= 15 is 0 Å². The molecule has 0 aromatic carbocycles. The van der Waals surface area contributed by atoms with Gasteiger partial charge in [-0.2, -0.15) is 5.10 Å². The normalized spacial score (nSPS) is 10.1. The topological polar surface area (TPSA) is 80.9 Å². The number of aromatic nitrogens is 4. The molecule has 0 unspecified atom stereocenters. The molecule has 15 heavy (non-hydrogen) atoms. The van der Waals surface area contributed by atoms with Gasteiger partial charge in [-0.15, -0.1) is 0 Å². The lowest BCUT2D eigenvalue weighted by Crippen LogP contribution is -2.12. The summed E-state index contributed by atoms with van der Waals surface area (Å²) in [5.41, 5.74) is 0.127. The molecule has 6 nitrogen and oxygen atoms in total. The summed E-state index contributed by atoms with van der Waals surface area (Å²) in [6.45, 7) is 0.259. The Bertz CT molecular complexity index is 466. The minimum atomic E-state index is -1.01. The Labute approximate surface area is 85.2 Å². The van der Waals surface area contributed by atoms with Crippen molar-refractivity contribution in [2.75, 3.05) is 0 Å². The Balaban J connectivity index is 2.25. The number of nitrogens with zero attached hydrogens (tertiary/aromatic N) is 4. The first kappa shape index (κ1) is 9.32. The maximum Gasteiger partial charge on any atom is 0.354 e. The number of carboxylic acids is 1. The monoisotopic (exact) mass is 204 g/mol. The number of rotatable bonds is 3. The minimum absolute atomic E-state index is 0.127. The molecular weight excluding hydrogens is 196 g/mol. The smallest absolute Gasteiger partial charge is 0.354 e. The fourth-order valence-electron chi connectivity index (χ4n) is 1.19. The highest BCUT2D eigenvalue weighted by Crippen LogP contribution is 2.01. The lowest BCUT2D eigenvalue weighted by Gasteiger charge is -2.02. The average molecular weight is 204 g/mol. The van der Waals surface area contributed by atoms with Crippen molar-refractivity contribution in [1.82, 2.24) is 19.7 Å². The van der Waals surface area contributed by atoms with Gasteiger partial charge in [-0.05, 0) is 12.1 Å². The molecule has 0 amide bonds. The molecule has 0 radical (unpaired) electrons. The second-order valence-corrected chi connectivity index (χ2v) is 2.84. The van der Waals surface area contributed by atoms with E-state index in [1.54, 1.807) is 18.5 Å². The summed E-state index contributed by atoms with van der Waals surface area (Å²) < 4.78 is 1.34. The first-order chi connectivity index (χ1) is 7.27. The highest BCUT2D eigenvalue weighted by Gasteiger charge is 2.10. The molecule has 0 aliphatic heterocycles. The van der Waals surface area contributed by atoms with Crippen molar-refractivity contribution >= 4 is 5.97 Å². The molecule has 0 atom stereocenters. The molecule has 2 heterocycles. The van der Waals surface area contributed by atoms with Gasteiger partial charge in [0.25, 0.3) is 0 Å². The van der Waals surface area contributed by atoms with Crippen molar-refractivity contribution in [3.05, 3.63) is 42.2 Å². The predicted molar refractivity (Wildman–Crippen MR) is 50.3 cm³/mol. The van der Waals surface area contributed by atoms with Crippen LogP contribution in [0, 0.1) is 0 Å². The molecule has 2 aromatic rings. The molecule has 0 spiro atoms. The zero-order chi connectivity index (χ0) is 10.7. The van der Waals surface area contributed by atoms with Crippen LogP contribution in [0.4, 0.5) is 0 Å². The van der Waals surface area contributed by atoms with Crippen molar-refractivity contribution in [2.24, 2.45) is 0 Å². The van der Waals surface area contributed by atoms with E-state index in [0.29, 0.717) is 5.82 Å². The summed E-state index contributed by atoms with van der Waals surface area (Å²) >= 11 is 0. The van der Waals surface area contributed by atoms with Crippen LogP contribution in [-0.4, -0.2) is 30.8 Å². The van der Waals surface area contributed by atoms with Gasteiger partial charge in [-0.1, -0.05) is 0 Å². The minimum Gasteiger partial charge on any atom is -0.477 e. The molecule has 1 N–H and O–H groups in total. The van der Waals surface area contributed by atoms with Crippen LogP contribution in [-0.2, 0) is 6.54 Å². The third kappa shape index (κ3) is 1.98. The predicted octanol–water partition coefficient (Wildman–Crippen LogP) is 0.420. The Morgan fingerprint density at radius 1 is 1.33 bits per heavy atom. The molecular formula is C9H8N4O2. The van der Waals surface area contributed by atoms with Crippen molar-refractivity contribution in [2.45, 2.75) is 6.54 Å². The van der Waals surface area contributed by atoms with Crippen LogP contribution in [0.2, 0.25) is 0 Å². The van der Waals surface area contributed by atoms with Crippen molar-refractivity contribution in [1.29, 1.82) is 0 Å². The van der Waals surface area contributed by atoms with E-state index in [-0.39, 0.29) is 12.2 Å². The van der Waals surface area contributed by atoms with Crippen molar-refractivity contribution in [3.63, 3.8) is 0 Å². The van der Waals surface area contributed by atoms with Crippen LogP contribution in [0.15, 0.2) is 30.7 Å². The van der Waals surface area contributed by atoms with E-state index in [1.807, 2.05) is 0 Å². The van der Waals surface area contributed by atoms with E-state index in [9.17, 15) is 4.79 Å². The summed E-state index contributed by atoms with van der Waals surface area (Å²) in [5.74, 6) is -0.480. The molecule has 0 aliphatic rings. The highest BCUT2D eigenvalue weighted by molar-refractivity contribution is 5.85. The SMILES string of the molecule is O=C(O)c1ccnn1Cc1ncccn1. The molecule has 2 aromatic heterocycles. The van der Waals surface area contributed by atoms with Gasteiger partial charge < -0.3 is 5.11 Å². The lowest BCUT2D eigenvalue weighted by molar-refractivity contribution is 0.0684. The van der Waals surface area contributed by atoms with Crippen LogP contribution in [0.3, 0.4) is 0 Å². The quantitative estimate of drug-likeness (QED) is 0.783. The van der Waals surface area contributed by atoms with Gasteiger partial charge >= 0.3 is 5.97 Å². The Morgan fingerprint density at radius 2 is 2.07 bits per heavy atom. The van der Waals surface area contributed by atoms with Gasteiger partial charge in [-0.25, -0.2) is 14.8 Å². The Hall–Kier alpha value is -2.24. The van der Waals surface area contributed by atoms with E-state index in [4.69, 9.17) is 5.11 Å². The molecule has 6 heteroatoms. The second kappa shape index (κ2) is 3.87. The largest absolute Gasteiger partial charge is 0.477 e. The van der Waals surface area contributed by atoms with Gasteiger partial charge in [-0.3, -0.25) is 4.68 Å². The molecule has 0 aliphatic carbocycles. The maximum atomic E-state index is 10.8. The van der Waals surface area contributed by atoms with Gasteiger partial charge in [0.2, 0.25) is 0 Å². The fourth-order valence-corrected chi connectivity index (χ4v) is 1.19. The fraction of sp³-hybridized carbons (Fsp3) is 0.111. The zero-order valence-corrected chi connectivity index (χ0v) is 7.74. The van der Waals surface area contributed by atoms with Crippen LogP contribution in [0.5, 0.6) is 0 Å². The van der Waals surface area contributed by atoms with Crippen LogP contribution >= 0.6 is 0 Å². The van der Waals surface area contributed by atoms with Crippen LogP contribution < -0.4 is 0 Å². The number of hydrogen-bond donors (Lipinski definition) is 1. The third-order valence-corrected chi connectivity index (χ3v) is 1.85. The van der Waals surface area contributed by atoms with E-state index in [1.165, 1.54) is 16.9 Å². The molecule has 0 bridgehead atoms. The van der Waals surface area contributed by atoms with E-state index < -0.39 is 5.97 Å². The summed E-state index contributed by atoms with van der Waals surface area (Å²) in [6, 6.07) is 3.13. The molecule has 0 saturated carbocycles. The number of hydrogen-bond acceptors (Lipinski definition) is 4. The summed E-state index contributed by atoms with van der Waals surface area (Å²) in [6.07, 6.45) is 4.64. The van der Waals surface area contributed by atoms with Crippen molar-refractivity contribution < 1.29 is 9.90 Å². The third-order valence-electron chi connectivity index (χ3n) is 1.85.